The molecule has 0 radical (unpaired) electrons. The van der Waals surface area contributed by atoms with Crippen LogP contribution in [0.4, 0.5) is 0 Å². The number of hydrogen-bond donors (Lipinski definition) is 1. The van der Waals surface area contributed by atoms with Gasteiger partial charge in [-0.15, -0.1) is 6.58 Å². The summed E-state index contributed by atoms with van der Waals surface area (Å²) < 4.78 is 11.1. The van der Waals surface area contributed by atoms with Gasteiger partial charge in [0.05, 0.1) is 18.3 Å². The largest absolute Gasteiger partial charge is 0.393 e. The van der Waals surface area contributed by atoms with E-state index in [1.54, 1.807) is 6.08 Å². The minimum Gasteiger partial charge on any atom is -0.393 e. The fourth-order valence-corrected chi connectivity index (χ4v) is 2.24. The third-order valence-corrected chi connectivity index (χ3v) is 3.24. The Morgan fingerprint density at radius 1 is 1.35 bits per heavy atom. The Hall–Kier alpha value is -0.380. The molecule has 3 atom stereocenters. The molecule has 0 bridgehead atoms. The van der Waals surface area contributed by atoms with Crippen LogP contribution in [-0.2, 0) is 9.47 Å². The van der Waals surface area contributed by atoms with Gasteiger partial charge in [-0.05, 0) is 19.3 Å². The second kappa shape index (κ2) is 8.67. The van der Waals surface area contributed by atoms with Gasteiger partial charge in [0.2, 0.25) is 0 Å². The van der Waals surface area contributed by atoms with Gasteiger partial charge in [0.25, 0.3) is 0 Å². The maximum atomic E-state index is 9.71. The van der Waals surface area contributed by atoms with E-state index in [2.05, 4.69) is 13.5 Å². The van der Waals surface area contributed by atoms with Gasteiger partial charge in [0.1, 0.15) is 6.79 Å². The molecule has 1 saturated heterocycles. The van der Waals surface area contributed by atoms with Crippen LogP contribution >= 0.6 is 0 Å². The molecular weight excluding hydrogens is 216 g/mol. The van der Waals surface area contributed by atoms with E-state index in [0.29, 0.717) is 25.7 Å². The molecule has 100 valence electrons. The summed E-state index contributed by atoms with van der Waals surface area (Å²) in [5, 5.41) is 9.71. The fourth-order valence-electron chi connectivity index (χ4n) is 2.24. The first-order chi connectivity index (χ1) is 8.26. The molecule has 1 rings (SSSR count). The lowest BCUT2D eigenvalue weighted by molar-refractivity contribution is -0.183. The minimum atomic E-state index is -0.327. The van der Waals surface area contributed by atoms with Crippen molar-refractivity contribution < 1.29 is 14.6 Å². The van der Waals surface area contributed by atoms with E-state index in [-0.39, 0.29) is 12.2 Å². The van der Waals surface area contributed by atoms with Gasteiger partial charge in [0.15, 0.2) is 0 Å². The average molecular weight is 242 g/mol. The van der Waals surface area contributed by atoms with Gasteiger partial charge in [0, 0.05) is 6.42 Å². The van der Waals surface area contributed by atoms with Gasteiger partial charge in [-0.2, -0.15) is 0 Å². The Labute approximate surface area is 105 Å². The number of aliphatic hydroxyl groups excluding tert-OH is 1. The molecule has 1 aliphatic rings. The second-order valence-electron chi connectivity index (χ2n) is 4.84. The highest BCUT2D eigenvalue weighted by Crippen LogP contribution is 2.22. The Morgan fingerprint density at radius 2 is 2.12 bits per heavy atom. The van der Waals surface area contributed by atoms with E-state index in [1.165, 1.54) is 19.3 Å². The van der Waals surface area contributed by atoms with Crippen molar-refractivity contribution in [2.75, 3.05) is 6.79 Å². The Kier molecular flexibility index (Phi) is 7.49. The molecule has 0 saturated carbocycles. The lowest BCUT2D eigenvalue weighted by atomic mass is 9.99. The SMILES string of the molecule is C=CCC(O)CC1CC(CCCCC)OCO1. The smallest absolute Gasteiger partial charge is 0.147 e. The van der Waals surface area contributed by atoms with E-state index >= 15 is 0 Å². The van der Waals surface area contributed by atoms with Crippen molar-refractivity contribution in [2.24, 2.45) is 0 Å². The predicted molar refractivity (Wildman–Crippen MR) is 68.8 cm³/mol. The van der Waals surface area contributed by atoms with E-state index in [4.69, 9.17) is 9.47 Å². The molecule has 0 aliphatic carbocycles. The third kappa shape index (κ3) is 6.20. The fraction of sp³-hybridized carbons (Fsp3) is 0.857. The van der Waals surface area contributed by atoms with E-state index in [1.807, 2.05) is 0 Å². The summed E-state index contributed by atoms with van der Waals surface area (Å²) in [5.41, 5.74) is 0. The summed E-state index contributed by atoms with van der Waals surface area (Å²) in [6, 6.07) is 0. The molecule has 1 aliphatic heterocycles. The maximum absolute atomic E-state index is 9.71. The lowest BCUT2D eigenvalue weighted by Gasteiger charge is -2.30. The van der Waals surface area contributed by atoms with Crippen LogP contribution in [-0.4, -0.2) is 30.2 Å². The summed E-state index contributed by atoms with van der Waals surface area (Å²) in [6.07, 6.45) is 8.99. The zero-order chi connectivity index (χ0) is 12.5. The highest BCUT2D eigenvalue weighted by molar-refractivity contribution is 4.77. The van der Waals surface area contributed by atoms with Crippen molar-refractivity contribution >= 4 is 0 Å². The quantitative estimate of drug-likeness (QED) is 0.525. The Bertz CT molecular complexity index is 206. The van der Waals surface area contributed by atoms with Crippen molar-refractivity contribution in [1.29, 1.82) is 0 Å². The molecule has 3 heteroatoms. The van der Waals surface area contributed by atoms with Crippen molar-refractivity contribution in [3.05, 3.63) is 12.7 Å². The van der Waals surface area contributed by atoms with Crippen LogP contribution in [0, 0.1) is 0 Å². The molecule has 3 unspecified atom stereocenters. The minimum absolute atomic E-state index is 0.144. The van der Waals surface area contributed by atoms with Crippen LogP contribution in [0.1, 0.15) is 51.9 Å². The molecule has 0 aromatic heterocycles. The standard InChI is InChI=1S/C14H26O3/c1-3-5-6-8-13-10-14(17-11-16-13)9-12(15)7-4-2/h4,12-15H,2-3,5-11H2,1H3. The van der Waals surface area contributed by atoms with Crippen molar-refractivity contribution in [1.82, 2.24) is 0 Å². The first kappa shape index (κ1) is 14.7. The van der Waals surface area contributed by atoms with E-state index < -0.39 is 0 Å². The van der Waals surface area contributed by atoms with Crippen LogP contribution in [0.25, 0.3) is 0 Å². The zero-order valence-electron chi connectivity index (χ0n) is 10.9. The predicted octanol–water partition coefficient (Wildman–Crippen LogP) is 3.03. The Morgan fingerprint density at radius 3 is 2.82 bits per heavy atom. The summed E-state index contributed by atoms with van der Waals surface area (Å²) in [7, 11) is 0. The van der Waals surface area contributed by atoms with Crippen LogP contribution in [0.3, 0.4) is 0 Å². The normalized spacial score (nSPS) is 26.7. The topological polar surface area (TPSA) is 38.7 Å². The monoisotopic (exact) mass is 242 g/mol. The number of rotatable bonds is 8. The summed E-state index contributed by atoms with van der Waals surface area (Å²) in [5.74, 6) is 0. The van der Waals surface area contributed by atoms with Gasteiger partial charge in [-0.3, -0.25) is 0 Å². The summed E-state index contributed by atoms with van der Waals surface area (Å²) in [6.45, 7) is 6.22. The van der Waals surface area contributed by atoms with Gasteiger partial charge >= 0.3 is 0 Å². The van der Waals surface area contributed by atoms with Crippen molar-refractivity contribution in [3.63, 3.8) is 0 Å². The first-order valence-corrected chi connectivity index (χ1v) is 6.78. The lowest BCUT2D eigenvalue weighted by Crippen LogP contribution is -2.33. The number of ether oxygens (including phenoxy) is 2. The van der Waals surface area contributed by atoms with Gasteiger partial charge < -0.3 is 14.6 Å². The zero-order valence-corrected chi connectivity index (χ0v) is 10.9. The maximum Gasteiger partial charge on any atom is 0.147 e. The van der Waals surface area contributed by atoms with Gasteiger partial charge in [-0.1, -0.05) is 32.3 Å². The Balaban J connectivity index is 2.20. The van der Waals surface area contributed by atoms with Crippen LogP contribution < -0.4 is 0 Å². The molecule has 0 aromatic rings. The number of aliphatic hydroxyl groups is 1. The van der Waals surface area contributed by atoms with Crippen LogP contribution in [0.2, 0.25) is 0 Å². The van der Waals surface area contributed by atoms with Crippen LogP contribution in [0.5, 0.6) is 0 Å². The van der Waals surface area contributed by atoms with E-state index in [9.17, 15) is 5.11 Å². The van der Waals surface area contributed by atoms with Crippen molar-refractivity contribution in [2.45, 2.75) is 70.2 Å². The molecule has 0 spiro atoms. The highest BCUT2D eigenvalue weighted by Gasteiger charge is 2.24. The third-order valence-electron chi connectivity index (χ3n) is 3.24. The number of hydrogen-bond acceptors (Lipinski definition) is 3. The number of unbranched alkanes of at least 4 members (excludes halogenated alkanes) is 2. The van der Waals surface area contributed by atoms with Crippen molar-refractivity contribution in [3.8, 4) is 0 Å². The molecule has 0 aromatic carbocycles. The molecule has 1 N–H and O–H groups in total. The van der Waals surface area contributed by atoms with Crippen LogP contribution in [0.15, 0.2) is 12.7 Å². The molecule has 0 amide bonds. The summed E-state index contributed by atoms with van der Waals surface area (Å²) in [4.78, 5) is 0. The van der Waals surface area contributed by atoms with E-state index in [0.717, 1.165) is 12.8 Å². The average Bonchev–Trinajstić information content (AvgIpc) is 2.30. The molecular formula is C14H26O3. The highest BCUT2D eigenvalue weighted by atomic mass is 16.7. The molecule has 1 fully saturated rings. The molecule has 3 nitrogen and oxygen atoms in total. The first-order valence-electron chi connectivity index (χ1n) is 6.78. The summed E-state index contributed by atoms with van der Waals surface area (Å²) >= 11 is 0. The molecule has 17 heavy (non-hydrogen) atoms. The van der Waals surface area contributed by atoms with Gasteiger partial charge in [-0.25, -0.2) is 0 Å². The second-order valence-corrected chi connectivity index (χ2v) is 4.84. The molecule has 1 heterocycles.